The van der Waals surface area contributed by atoms with E-state index in [2.05, 4.69) is 4.98 Å². The van der Waals surface area contributed by atoms with Gasteiger partial charge in [0, 0.05) is 24.0 Å². The molecule has 0 aliphatic rings. The Bertz CT molecular complexity index is 893. The fourth-order valence-electron chi connectivity index (χ4n) is 2.58. The lowest BCUT2D eigenvalue weighted by atomic mass is 10.2. The molecular weight excluding hydrogens is 351 g/mol. The van der Waals surface area contributed by atoms with Gasteiger partial charge in [-0.15, -0.1) is 11.3 Å². The lowest BCUT2D eigenvalue weighted by Gasteiger charge is -2.20. The Labute approximate surface area is 155 Å². The molecule has 0 saturated carbocycles. The van der Waals surface area contributed by atoms with Crippen molar-refractivity contribution in [3.8, 4) is 16.3 Å². The van der Waals surface area contributed by atoms with E-state index in [4.69, 9.17) is 4.74 Å². The Kier molecular flexibility index (Phi) is 5.63. The molecule has 1 amide bonds. The topological polar surface area (TPSA) is 42.4 Å². The lowest BCUT2D eigenvalue weighted by molar-refractivity contribution is 0.0747. The van der Waals surface area contributed by atoms with Gasteiger partial charge in [0.1, 0.15) is 22.3 Å². The largest absolute Gasteiger partial charge is 0.497 e. The van der Waals surface area contributed by atoms with E-state index in [1.54, 1.807) is 23.5 Å². The van der Waals surface area contributed by atoms with E-state index in [0.29, 0.717) is 18.8 Å². The summed E-state index contributed by atoms with van der Waals surface area (Å²) in [5, 5.41) is 2.54. The van der Waals surface area contributed by atoms with Crippen molar-refractivity contribution in [1.29, 1.82) is 0 Å². The SMILES string of the molecule is CCN(Cc1cccc(F)c1)C(=O)c1csc(-c2ccc(OC)cc2)n1. The lowest BCUT2D eigenvalue weighted by Crippen LogP contribution is -2.30. The van der Waals surface area contributed by atoms with Gasteiger partial charge in [0.15, 0.2) is 0 Å². The van der Waals surface area contributed by atoms with Gasteiger partial charge in [0.2, 0.25) is 0 Å². The number of hydrogen-bond donors (Lipinski definition) is 0. The first kappa shape index (κ1) is 18.1. The molecular formula is C20H19FN2O2S. The van der Waals surface area contributed by atoms with E-state index in [-0.39, 0.29) is 11.7 Å². The number of halogens is 1. The second-order valence-corrected chi connectivity index (χ2v) is 6.57. The average molecular weight is 370 g/mol. The second kappa shape index (κ2) is 8.10. The minimum atomic E-state index is -0.304. The normalized spacial score (nSPS) is 10.6. The van der Waals surface area contributed by atoms with Crippen LogP contribution in [0.4, 0.5) is 4.39 Å². The van der Waals surface area contributed by atoms with Gasteiger partial charge in [-0.2, -0.15) is 0 Å². The summed E-state index contributed by atoms with van der Waals surface area (Å²) in [6, 6.07) is 13.8. The first-order valence-electron chi connectivity index (χ1n) is 8.24. The number of hydrogen-bond acceptors (Lipinski definition) is 4. The van der Waals surface area contributed by atoms with Crippen LogP contribution in [0.5, 0.6) is 5.75 Å². The number of methoxy groups -OCH3 is 1. The Morgan fingerprint density at radius 3 is 2.65 bits per heavy atom. The summed E-state index contributed by atoms with van der Waals surface area (Å²) >= 11 is 1.42. The van der Waals surface area contributed by atoms with Crippen molar-refractivity contribution in [3.63, 3.8) is 0 Å². The molecule has 0 saturated heterocycles. The van der Waals surface area contributed by atoms with Crippen LogP contribution in [0.2, 0.25) is 0 Å². The maximum absolute atomic E-state index is 13.4. The summed E-state index contributed by atoms with van der Waals surface area (Å²) in [5.74, 6) is 0.308. The van der Waals surface area contributed by atoms with Crippen LogP contribution >= 0.6 is 11.3 Å². The van der Waals surface area contributed by atoms with Crippen LogP contribution < -0.4 is 4.74 Å². The van der Waals surface area contributed by atoms with E-state index in [1.165, 1.54) is 23.5 Å². The van der Waals surface area contributed by atoms with E-state index < -0.39 is 0 Å². The maximum Gasteiger partial charge on any atom is 0.273 e. The number of thiazole rings is 1. The number of rotatable bonds is 6. The maximum atomic E-state index is 13.4. The molecule has 0 fully saturated rings. The molecule has 2 aromatic carbocycles. The summed E-state index contributed by atoms with van der Waals surface area (Å²) in [5.41, 5.74) is 2.09. The van der Waals surface area contributed by atoms with Crippen LogP contribution in [0.15, 0.2) is 53.9 Å². The Balaban J connectivity index is 1.76. The quantitative estimate of drug-likeness (QED) is 0.636. The predicted octanol–water partition coefficient (Wildman–Crippen LogP) is 4.62. The van der Waals surface area contributed by atoms with Gasteiger partial charge in [-0.25, -0.2) is 9.37 Å². The highest BCUT2D eigenvalue weighted by Gasteiger charge is 2.18. The summed E-state index contributed by atoms with van der Waals surface area (Å²) < 4.78 is 18.5. The van der Waals surface area contributed by atoms with Crippen LogP contribution in [0, 0.1) is 5.82 Å². The van der Waals surface area contributed by atoms with Gasteiger partial charge in [0.05, 0.1) is 7.11 Å². The molecule has 0 unspecified atom stereocenters. The smallest absolute Gasteiger partial charge is 0.273 e. The fourth-order valence-corrected chi connectivity index (χ4v) is 3.38. The Morgan fingerprint density at radius 1 is 1.23 bits per heavy atom. The molecule has 4 nitrogen and oxygen atoms in total. The van der Waals surface area contributed by atoms with Crippen LogP contribution in [0.1, 0.15) is 23.0 Å². The standard InChI is InChI=1S/C20H19FN2O2S/c1-3-23(12-14-5-4-6-16(21)11-14)20(24)18-13-26-19(22-18)15-7-9-17(25-2)10-8-15/h4-11,13H,3,12H2,1-2H3. The molecule has 0 radical (unpaired) electrons. The highest BCUT2D eigenvalue weighted by Crippen LogP contribution is 2.26. The summed E-state index contributed by atoms with van der Waals surface area (Å²) in [7, 11) is 1.62. The van der Waals surface area contributed by atoms with Crippen LogP contribution in [-0.2, 0) is 6.54 Å². The summed E-state index contributed by atoms with van der Waals surface area (Å²) in [6.07, 6.45) is 0. The van der Waals surface area contributed by atoms with Crippen molar-refractivity contribution < 1.29 is 13.9 Å². The van der Waals surface area contributed by atoms with Crippen molar-refractivity contribution in [2.75, 3.05) is 13.7 Å². The molecule has 0 aliphatic heterocycles. The van der Waals surface area contributed by atoms with Crippen LogP contribution in [-0.4, -0.2) is 29.4 Å². The number of benzene rings is 2. The van der Waals surface area contributed by atoms with Crippen LogP contribution in [0.25, 0.3) is 10.6 Å². The zero-order valence-electron chi connectivity index (χ0n) is 14.6. The van der Waals surface area contributed by atoms with Gasteiger partial charge >= 0.3 is 0 Å². The van der Waals surface area contributed by atoms with Crippen molar-refractivity contribution in [3.05, 3.63) is 71.0 Å². The van der Waals surface area contributed by atoms with Crippen molar-refractivity contribution in [1.82, 2.24) is 9.88 Å². The van der Waals surface area contributed by atoms with Gasteiger partial charge in [-0.1, -0.05) is 12.1 Å². The molecule has 0 N–H and O–H groups in total. The highest BCUT2D eigenvalue weighted by atomic mass is 32.1. The molecule has 0 spiro atoms. The molecule has 3 rings (SSSR count). The second-order valence-electron chi connectivity index (χ2n) is 5.72. The zero-order valence-corrected chi connectivity index (χ0v) is 15.4. The summed E-state index contributed by atoms with van der Waals surface area (Å²) in [4.78, 5) is 18.9. The molecule has 0 atom stereocenters. The van der Waals surface area contributed by atoms with Crippen molar-refractivity contribution >= 4 is 17.2 Å². The molecule has 1 heterocycles. The Morgan fingerprint density at radius 2 is 2.00 bits per heavy atom. The molecule has 0 aliphatic carbocycles. The first-order valence-corrected chi connectivity index (χ1v) is 9.12. The minimum absolute atomic E-state index is 0.159. The first-order chi connectivity index (χ1) is 12.6. The third-order valence-corrected chi connectivity index (χ3v) is 4.88. The number of carbonyl (C=O) groups is 1. The molecule has 3 aromatic rings. The van der Waals surface area contributed by atoms with Crippen molar-refractivity contribution in [2.24, 2.45) is 0 Å². The molecule has 26 heavy (non-hydrogen) atoms. The summed E-state index contributed by atoms with van der Waals surface area (Å²) in [6.45, 7) is 2.77. The monoisotopic (exact) mass is 370 g/mol. The number of ether oxygens (including phenoxy) is 1. The number of nitrogens with zero attached hydrogens (tertiary/aromatic N) is 2. The van der Waals surface area contributed by atoms with E-state index in [1.807, 2.05) is 37.3 Å². The number of amides is 1. The van der Waals surface area contributed by atoms with Gasteiger partial charge in [0.25, 0.3) is 5.91 Å². The van der Waals surface area contributed by atoms with E-state index in [9.17, 15) is 9.18 Å². The van der Waals surface area contributed by atoms with Gasteiger partial charge < -0.3 is 9.64 Å². The number of carbonyl (C=O) groups excluding carboxylic acids is 1. The number of aromatic nitrogens is 1. The molecule has 134 valence electrons. The molecule has 6 heteroatoms. The minimum Gasteiger partial charge on any atom is -0.497 e. The molecule has 0 bridgehead atoms. The highest BCUT2D eigenvalue weighted by molar-refractivity contribution is 7.13. The van der Waals surface area contributed by atoms with Crippen molar-refractivity contribution in [2.45, 2.75) is 13.5 Å². The third-order valence-electron chi connectivity index (χ3n) is 3.99. The fraction of sp³-hybridized carbons (Fsp3) is 0.200. The Hall–Kier alpha value is -2.73. The average Bonchev–Trinajstić information content (AvgIpc) is 3.16. The zero-order chi connectivity index (χ0) is 18.5. The van der Waals surface area contributed by atoms with E-state index in [0.717, 1.165) is 21.9 Å². The molecule has 1 aromatic heterocycles. The predicted molar refractivity (Wildman–Crippen MR) is 101 cm³/mol. The van der Waals surface area contributed by atoms with Gasteiger partial charge in [-0.3, -0.25) is 4.79 Å². The van der Waals surface area contributed by atoms with Gasteiger partial charge in [-0.05, 0) is 48.9 Å². The van der Waals surface area contributed by atoms with E-state index >= 15 is 0 Å². The van der Waals surface area contributed by atoms with Crippen LogP contribution in [0.3, 0.4) is 0 Å². The third kappa shape index (κ3) is 4.08.